The summed E-state index contributed by atoms with van der Waals surface area (Å²) in [7, 11) is 0. The first-order valence-corrected chi connectivity index (χ1v) is 9.06. The highest BCUT2D eigenvalue weighted by molar-refractivity contribution is 9.10. The summed E-state index contributed by atoms with van der Waals surface area (Å²) in [4.78, 5) is 25.7. The Balaban J connectivity index is 1.79. The van der Waals surface area contributed by atoms with Crippen LogP contribution in [0.25, 0.3) is 6.08 Å². The molecule has 0 saturated carbocycles. The van der Waals surface area contributed by atoms with E-state index in [4.69, 9.17) is 9.15 Å². The lowest BCUT2D eigenvalue weighted by Gasteiger charge is -2.21. The van der Waals surface area contributed by atoms with Crippen LogP contribution < -0.4 is 10.2 Å². The minimum Gasteiger partial charge on any atom is -0.452 e. The zero-order valence-corrected chi connectivity index (χ0v) is 16.3. The van der Waals surface area contributed by atoms with Crippen molar-refractivity contribution in [1.82, 2.24) is 0 Å². The summed E-state index contributed by atoms with van der Waals surface area (Å²) >= 11 is 3.17. The Hall–Kier alpha value is -2.54. The molecule has 0 saturated heterocycles. The molecule has 7 heteroatoms. The number of carbonyl (C=O) groups is 2. The Morgan fingerprint density at radius 2 is 1.85 bits per heavy atom. The molecule has 1 aromatic carbocycles. The molecule has 0 radical (unpaired) electrons. The quantitative estimate of drug-likeness (QED) is 0.514. The maximum absolute atomic E-state index is 11.9. The van der Waals surface area contributed by atoms with Crippen LogP contribution in [0.15, 0.2) is 51.6 Å². The molecule has 0 fully saturated rings. The smallest absolute Gasteiger partial charge is 0.331 e. The van der Waals surface area contributed by atoms with Gasteiger partial charge in [-0.15, -0.1) is 0 Å². The van der Waals surface area contributed by atoms with Gasteiger partial charge in [-0.1, -0.05) is 0 Å². The van der Waals surface area contributed by atoms with Gasteiger partial charge in [0.1, 0.15) is 5.76 Å². The zero-order chi connectivity index (χ0) is 18.9. The van der Waals surface area contributed by atoms with Crippen LogP contribution in [0.5, 0.6) is 0 Å². The number of hydrogen-bond acceptors (Lipinski definition) is 5. The molecule has 0 aliphatic heterocycles. The second-order valence-electron chi connectivity index (χ2n) is 5.35. The summed E-state index contributed by atoms with van der Waals surface area (Å²) in [6, 6.07) is 10.9. The van der Waals surface area contributed by atoms with Crippen LogP contribution in [0.2, 0.25) is 0 Å². The van der Waals surface area contributed by atoms with Crippen LogP contribution in [0.3, 0.4) is 0 Å². The van der Waals surface area contributed by atoms with Crippen LogP contribution in [0, 0.1) is 0 Å². The van der Waals surface area contributed by atoms with Gasteiger partial charge in [0.25, 0.3) is 5.91 Å². The molecule has 0 spiro atoms. The number of nitrogens with one attached hydrogen (secondary N) is 1. The van der Waals surface area contributed by atoms with E-state index in [-0.39, 0.29) is 6.61 Å². The van der Waals surface area contributed by atoms with Gasteiger partial charge in [0.2, 0.25) is 0 Å². The van der Waals surface area contributed by atoms with Crippen molar-refractivity contribution < 1.29 is 18.7 Å². The fraction of sp³-hybridized carbons (Fsp3) is 0.263. The average Bonchev–Trinajstić information content (AvgIpc) is 3.06. The molecule has 1 aromatic heterocycles. The number of benzene rings is 1. The maximum Gasteiger partial charge on any atom is 0.331 e. The fourth-order valence-electron chi connectivity index (χ4n) is 2.29. The van der Waals surface area contributed by atoms with Crippen molar-refractivity contribution in [2.24, 2.45) is 0 Å². The predicted molar refractivity (Wildman–Crippen MR) is 105 cm³/mol. The van der Waals surface area contributed by atoms with Crippen LogP contribution in [-0.2, 0) is 14.3 Å². The first-order chi connectivity index (χ1) is 12.5. The molecular formula is C19H21BrN2O4. The number of anilines is 2. The third-order valence-corrected chi connectivity index (χ3v) is 4.03. The van der Waals surface area contributed by atoms with Gasteiger partial charge in [0.15, 0.2) is 11.3 Å². The highest BCUT2D eigenvalue weighted by Gasteiger charge is 2.07. The van der Waals surface area contributed by atoms with Gasteiger partial charge in [0.05, 0.1) is 0 Å². The van der Waals surface area contributed by atoms with Crippen LogP contribution >= 0.6 is 15.9 Å². The van der Waals surface area contributed by atoms with Crippen molar-refractivity contribution in [2.75, 3.05) is 29.9 Å². The maximum atomic E-state index is 11.9. The molecule has 0 bridgehead atoms. The number of hydrogen-bond donors (Lipinski definition) is 1. The van der Waals surface area contributed by atoms with E-state index in [9.17, 15) is 9.59 Å². The predicted octanol–water partition coefficient (Wildman–Crippen LogP) is 4.08. The number of amides is 1. The highest BCUT2D eigenvalue weighted by atomic mass is 79.9. The normalized spacial score (nSPS) is 10.7. The SMILES string of the molecule is CCN(CC)c1ccc(NC(=O)COC(=O)C=Cc2ccc(Br)o2)cc1. The summed E-state index contributed by atoms with van der Waals surface area (Å²) in [5, 5.41) is 2.69. The molecule has 2 aromatic rings. The number of halogens is 1. The molecule has 0 atom stereocenters. The second kappa shape index (κ2) is 9.82. The number of ether oxygens (including phenoxy) is 1. The van der Waals surface area contributed by atoms with E-state index in [1.54, 1.807) is 12.1 Å². The van der Waals surface area contributed by atoms with Crippen LogP contribution in [-0.4, -0.2) is 31.6 Å². The summed E-state index contributed by atoms with van der Waals surface area (Å²) < 4.78 is 10.7. The minimum atomic E-state index is -0.621. The number of nitrogens with zero attached hydrogens (tertiary/aromatic N) is 1. The third-order valence-electron chi connectivity index (χ3n) is 3.60. The van der Waals surface area contributed by atoms with Gasteiger partial charge in [-0.25, -0.2) is 4.79 Å². The van der Waals surface area contributed by atoms with Gasteiger partial charge in [-0.05, 0) is 72.3 Å². The summed E-state index contributed by atoms with van der Waals surface area (Å²) in [5.41, 5.74) is 1.74. The second-order valence-corrected chi connectivity index (χ2v) is 6.13. The minimum absolute atomic E-state index is 0.358. The summed E-state index contributed by atoms with van der Waals surface area (Å²) in [6.45, 7) is 5.66. The van der Waals surface area contributed by atoms with E-state index in [1.165, 1.54) is 12.2 Å². The van der Waals surface area contributed by atoms with E-state index in [2.05, 4.69) is 40.0 Å². The Morgan fingerprint density at radius 3 is 2.42 bits per heavy atom. The number of carbonyl (C=O) groups excluding carboxylic acids is 2. The first-order valence-electron chi connectivity index (χ1n) is 8.26. The lowest BCUT2D eigenvalue weighted by Crippen LogP contribution is -2.22. The van der Waals surface area contributed by atoms with Gasteiger partial charge < -0.3 is 19.4 Å². The molecule has 2 rings (SSSR count). The molecule has 1 N–H and O–H groups in total. The molecule has 1 amide bonds. The summed E-state index contributed by atoms with van der Waals surface area (Å²) in [5.74, 6) is -0.515. The van der Waals surface area contributed by atoms with E-state index in [0.29, 0.717) is 16.1 Å². The van der Waals surface area contributed by atoms with Crippen LogP contribution in [0.4, 0.5) is 11.4 Å². The van der Waals surface area contributed by atoms with E-state index in [1.807, 2.05) is 24.3 Å². The first kappa shape index (κ1) is 19.8. The Bertz CT molecular complexity index is 764. The lowest BCUT2D eigenvalue weighted by atomic mass is 10.2. The van der Waals surface area contributed by atoms with Crippen molar-refractivity contribution >= 4 is 45.3 Å². The van der Waals surface area contributed by atoms with E-state index < -0.39 is 11.9 Å². The fourth-order valence-corrected chi connectivity index (χ4v) is 2.61. The molecule has 6 nitrogen and oxygen atoms in total. The Kier molecular flexibility index (Phi) is 7.47. The standard InChI is InChI=1S/C19H21BrN2O4/c1-3-22(4-2)15-7-5-14(6-8-15)21-18(23)13-25-19(24)12-10-16-9-11-17(20)26-16/h5-12H,3-4,13H2,1-2H3,(H,21,23). The molecule has 26 heavy (non-hydrogen) atoms. The van der Waals surface area contributed by atoms with Crippen molar-refractivity contribution in [3.63, 3.8) is 0 Å². The van der Waals surface area contributed by atoms with E-state index in [0.717, 1.165) is 18.8 Å². The van der Waals surface area contributed by atoms with Gasteiger partial charge >= 0.3 is 5.97 Å². The van der Waals surface area contributed by atoms with Crippen molar-refractivity contribution in [3.8, 4) is 0 Å². The topological polar surface area (TPSA) is 71.8 Å². The molecular weight excluding hydrogens is 400 g/mol. The number of rotatable bonds is 8. The molecule has 0 aliphatic rings. The van der Waals surface area contributed by atoms with Gasteiger partial charge in [-0.2, -0.15) is 0 Å². The monoisotopic (exact) mass is 420 g/mol. The van der Waals surface area contributed by atoms with Crippen molar-refractivity contribution in [2.45, 2.75) is 13.8 Å². The molecule has 138 valence electrons. The zero-order valence-electron chi connectivity index (χ0n) is 14.7. The van der Waals surface area contributed by atoms with Gasteiger partial charge in [0, 0.05) is 30.5 Å². The Labute approximate surface area is 160 Å². The Morgan fingerprint density at radius 1 is 1.15 bits per heavy atom. The van der Waals surface area contributed by atoms with Crippen LogP contribution in [0.1, 0.15) is 19.6 Å². The summed E-state index contributed by atoms with van der Waals surface area (Å²) in [6.07, 6.45) is 2.67. The molecule has 0 aliphatic carbocycles. The molecule has 1 heterocycles. The van der Waals surface area contributed by atoms with Gasteiger partial charge in [-0.3, -0.25) is 4.79 Å². The highest BCUT2D eigenvalue weighted by Crippen LogP contribution is 2.18. The molecule has 0 unspecified atom stereocenters. The number of esters is 1. The largest absolute Gasteiger partial charge is 0.452 e. The lowest BCUT2D eigenvalue weighted by molar-refractivity contribution is -0.142. The number of furan rings is 1. The van der Waals surface area contributed by atoms with E-state index >= 15 is 0 Å². The average molecular weight is 421 g/mol. The third kappa shape index (κ3) is 6.07. The van der Waals surface area contributed by atoms with Crippen molar-refractivity contribution in [3.05, 3.63) is 52.9 Å². The van der Waals surface area contributed by atoms with Crippen molar-refractivity contribution in [1.29, 1.82) is 0 Å².